The van der Waals surface area contributed by atoms with Crippen LogP contribution in [0.15, 0.2) is 36.7 Å². The number of pyridine rings is 2. The second-order valence-electron chi connectivity index (χ2n) is 3.06. The summed E-state index contributed by atoms with van der Waals surface area (Å²) in [5.41, 5.74) is 1.82. The molecule has 2 nitrogen and oxygen atoms in total. The molecule has 3 aromatic rings. The molecule has 0 aliphatic rings. The summed E-state index contributed by atoms with van der Waals surface area (Å²) < 4.78 is 0. The summed E-state index contributed by atoms with van der Waals surface area (Å²) in [4.78, 5) is 8.57. The molecule has 1 aromatic carbocycles. The quantitative estimate of drug-likeness (QED) is 0.494. The minimum absolute atomic E-state index is 0.902. The van der Waals surface area contributed by atoms with Crippen LogP contribution in [0, 0.1) is 12.1 Å². The zero-order chi connectivity index (χ0) is 9.38. The standard InChI is InChI=1S/C12H6N2/c1-3-9-5-6-10-4-2-8-14-12(10)11(9)13-7-1/h1,3-4,6-8H. The Bertz CT molecular complexity index is 547. The fourth-order valence-corrected chi connectivity index (χ4v) is 1.55. The van der Waals surface area contributed by atoms with Crippen molar-refractivity contribution in [1.82, 2.24) is 9.97 Å². The summed E-state index contributed by atoms with van der Waals surface area (Å²) in [5, 5.41) is 2.03. The van der Waals surface area contributed by atoms with Crippen molar-refractivity contribution in [1.29, 1.82) is 0 Å². The zero-order valence-corrected chi connectivity index (χ0v) is 7.36. The van der Waals surface area contributed by atoms with Gasteiger partial charge in [0.15, 0.2) is 0 Å². The fourth-order valence-electron chi connectivity index (χ4n) is 1.55. The summed E-state index contributed by atoms with van der Waals surface area (Å²) >= 11 is 0. The first-order chi connectivity index (χ1) is 6.95. The van der Waals surface area contributed by atoms with Gasteiger partial charge in [-0.15, -0.1) is 0 Å². The monoisotopic (exact) mass is 178 g/mol. The van der Waals surface area contributed by atoms with Gasteiger partial charge in [-0.05, 0) is 24.3 Å². The van der Waals surface area contributed by atoms with Crippen LogP contribution in [0.1, 0.15) is 0 Å². The van der Waals surface area contributed by atoms with Crippen LogP contribution < -0.4 is 0 Å². The van der Waals surface area contributed by atoms with E-state index in [4.69, 9.17) is 0 Å². The fraction of sp³-hybridized carbons (Fsp3) is 0. The van der Waals surface area contributed by atoms with E-state index >= 15 is 0 Å². The van der Waals surface area contributed by atoms with Crippen molar-refractivity contribution in [3.63, 3.8) is 0 Å². The molecule has 2 aromatic heterocycles. The van der Waals surface area contributed by atoms with Crippen LogP contribution in [0.5, 0.6) is 0 Å². The number of rotatable bonds is 0. The van der Waals surface area contributed by atoms with Crippen LogP contribution >= 0.6 is 0 Å². The molecule has 0 saturated heterocycles. The highest BCUT2D eigenvalue weighted by atomic mass is 14.7. The van der Waals surface area contributed by atoms with Crippen molar-refractivity contribution < 1.29 is 0 Å². The molecule has 0 fully saturated rings. The van der Waals surface area contributed by atoms with Crippen molar-refractivity contribution in [2.24, 2.45) is 0 Å². The molecule has 14 heavy (non-hydrogen) atoms. The first kappa shape index (κ1) is 7.44. The summed E-state index contributed by atoms with van der Waals surface area (Å²) in [6, 6.07) is 13.8. The van der Waals surface area contributed by atoms with Crippen LogP contribution in [-0.4, -0.2) is 9.97 Å². The lowest BCUT2D eigenvalue weighted by atomic mass is 10.1. The smallest absolute Gasteiger partial charge is 0.0970 e. The van der Waals surface area contributed by atoms with Crippen LogP contribution in [-0.2, 0) is 0 Å². The van der Waals surface area contributed by atoms with Crippen molar-refractivity contribution in [3.05, 3.63) is 48.8 Å². The van der Waals surface area contributed by atoms with E-state index in [-0.39, 0.29) is 0 Å². The molecule has 0 aliphatic heterocycles. The van der Waals surface area contributed by atoms with Gasteiger partial charge in [-0.1, -0.05) is 6.07 Å². The Balaban J connectivity index is 2.61. The lowest BCUT2D eigenvalue weighted by molar-refractivity contribution is 1.37. The highest BCUT2D eigenvalue weighted by molar-refractivity contribution is 6.01. The Morgan fingerprint density at radius 1 is 1.07 bits per heavy atom. The van der Waals surface area contributed by atoms with E-state index in [0.717, 1.165) is 21.8 Å². The Morgan fingerprint density at radius 3 is 3.07 bits per heavy atom. The first-order valence-corrected chi connectivity index (χ1v) is 4.36. The number of aromatic nitrogens is 2. The lowest BCUT2D eigenvalue weighted by Gasteiger charge is -1.99. The number of benzene rings is 1. The SMILES string of the molecule is [c]1cnc2c(c1)c[c]c1cccnc12. The van der Waals surface area contributed by atoms with Gasteiger partial charge in [0.25, 0.3) is 0 Å². The van der Waals surface area contributed by atoms with Gasteiger partial charge in [0.05, 0.1) is 11.0 Å². The second kappa shape index (κ2) is 2.77. The third kappa shape index (κ3) is 0.973. The van der Waals surface area contributed by atoms with Crippen LogP contribution in [0.25, 0.3) is 21.8 Å². The largest absolute Gasteiger partial charge is 0.254 e. The Kier molecular flexibility index (Phi) is 1.47. The average Bonchev–Trinajstić information content (AvgIpc) is 2.29. The first-order valence-electron chi connectivity index (χ1n) is 4.36. The zero-order valence-electron chi connectivity index (χ0n) is 7.36. The Morgan fingerprint density at radius 2 is 2.07 bits per heavy atom. The van der Waals surface area contributed by atoms with E-state index in [2.05, 4.69) is 22.1 Å². The number of fused-ring (bicyclic) bond motifs is 3. The highest BCUT2D eigenvalue weighted by Crippen LogP contribution is 2.19. The summed E-state index contributed by atoms with van der Waals surface area (Å²) in [6.07, 6.45) is 3.43. The van der Waals surface area contributed by atoms with Gasteiger partial charge in [0, 0.05) is 29.2 Å². The molecule has 0 atom stereocenters. The van der Waals surface area contributed by atoms with Gasteiger partial charge < -0.3 is 0 Å². The average molecular weight is 178 g/mol. The van der Waals surface area contributed by atoms with Gasteiger partial charge in [-0.25, -0.2) is 0 Å². The third-order valence-corrected chi connectivity index (χ3v) is 2.20. The molecule has 0 aliphatic carbocycles. The molecule has 0 unspecified atom stereocenters. The Hall–Kier alpha value is -1.96. The predicted octanol–water partition coefficient (Wildman–Crippen LogP) is 2.38. The molecule has 0 bridgehead atoms. The molecule has 0 N–H and O–H groups in total. The molecule has 0 saturated carbocycles. The summed E-state index contributed by atoms with van der Waals surface area (Å²) in [7, 11) is 0. The molecule has 2 heterocycles. The molecular formula is C12H6N2. The van der Waals surface area contributed by atoms with E-state index in [1.165, 1.54) is 0 Å². The van der Waals surface area contributed by atoms with E-state index in [1.807, 2.05) is 24.3 Å². The Labute approximate surface area is 81.2 Å². The summed E-state index contributed by atoms with van der Waals surface area (Å²) in [5.74, 6) is 0. The molecule has 2 heteroatoms. The van der Waals surface area contributed by atoms with Gasteiger partial charge in [-0.3, -0.25) is 9.97 Å². The van der Waals surface area contributed by atoms with Crippen LogP contribution in [0.4, 0.5) is 0 Å². The number of hydrogen-bond donors (Lipinski definition) is 0. The normalized spacial score (nSPS) is 10.9. The minimum atomic E-state index is 0.902. The maximum absolute atomic E-state index is 4.30. The van der Waals surface area contributed by atoms with Crippen molar-refractivity contribution in [2.45, 2.75) is 0 Å². The summed E-state index contributed by atoms with van der Waals surface area (Å²) in [6.45, 7) is 0. The van der Waals surface area contributed by atoms with E-state index in [9.17, 15) is 0 Å². The highest BCUT2D eigenvalue weighted by Gasteiger charge is 2.00. The minimum Gasteiger partial charge on any atom is -0.254 e. The lowest BCUT2D eigenvalue weighted by Crippen LogP contribution is -1.83. The van der Waals surface area contributed by atoms with Gasteiger partial charge in [-0.2, -0.15) is 0 Å². The number of hydrogen-bond acceptors (Lipinski definition) is 2. The van der Waals surface area contributed by atoms with Crippen molar-refractivity contribution in [2.75, 3.05) is 0 Å². The molecular weight excluding hydrogens is 172 g/mol. The van der Waals surface area contributed by atoms with Gasteiger partial charge >= 0.3 is 0 Å². The molecule has 2 radical (unpaired) electrons. The van der Waals surface area contributed by atoms with Gasteiger partial charge in [0.2, 0.25) is 0 Å². The predicted molar refractivity (Wildman–Crippen MR) is 54.7 cm³/mol. The van der Waals surface area contributed by atoms with Crippen molar-refractivity contribution in [3.8, 4) is 0 Å². The number of nitrogens with zero attached hydrogens (tertiary/aromatic N) is 2. The topological polar surface area (TPSA) is 25.8 Å². The molecule has 3 rings (SSSR count). The van der Waals surface area contributed by atoms with Gasteiger partial charge in [0.1, 0.15) is 0 Å². The van der Waals surface area contributed by atoms with E-state index in [0.29, 0.717) is 0 Å². The molecule has 0 spiro atoms. The third-order valence-electron chi connectivity index (χ3n) is 2.20. The maximum Gasteiger partial charge on any atom is 0.0970 e. The molecule has 64 valence electrons. The van der Waals surface area contributed by atoms with E-state index < -0.39 is 0 Å². The van der Waals surface area contributed by atoms with Crippen molar-refractivity contribution >= 4 is 21.8 Å². The van der Waals surface area contributed by atoms with Crippen LogP contribution in [0.3, 0.4) is 0 Å². The molecule has 0 amide bonds. The second-order valence-corrected chi connectivity index (χ2v) is 3.06. The van der Waals surface area contributed by atoms with E-state index in [1.54, 1.807) is 12.4 Å². The maximum atomic E-state index is 4.30. The van der Waals surface area contributed by atoms with Crippen LogP contribution in [0.2, 0.25) is 0 Å².